The van der Waals surface area contributed by atoms with Gasteiger partial charge in [0.25, 0.3) is 0 Å². The van der Waals surface area contributed by atoms with E-state index >= 15 is 0 Å². The second-order valence-electron chi connectivity index (χ2n) is 4.81. The van der Waals surface area contributed by atoms with E-state index in [-0.39, 0.29) is 0 Å². The average Bonchev–Trinajstić information content (AvgIpc) is 2.57. The molecule has 0 bridgehead atoms. The van der Waals surface area contributed by atoms with Gasteiger partial charge < -0.3 is 0 Å². The molecule has 0 spiro atoms. The predicted molar refractivity (Wildman–Crippen MR) is 89.2 cm³/mol. The van der Waals surface area contributed by atoms with E-state index < -0.39 is 18.8 Å². The Morgan fingerprint density at radius 1 is 0.714 bits per heavy atom. The maximum absolute atomic E-state index is 13.8. The van der Waals surface area contributed by atoms with E-state index in [1.165, 1.54) is 0 Å². The zero-order chi connectivity index (χ0) is 15.3. The lowest BCUT2D eigenvalue weighted by atomic mass is 9.76. The molecule has 0 N–H and O–H groups in total. The van der Waals surface area contributed by atoms with Crippen molar-refractivity contribution >= 4 is 23.5 Å². The Hall–Kier alpha value is -1.00. The van der Waals surface area contributed by atoms with Gasteiger partial charge in [-0.25, -0.2) is 8.78 Å². The lowest BCUT2D eigenvalue weighted by Gasteiger charge is -2.29. The van der Waals surface area contributed by atoms with Gasteiger partial charge in [0.2, 0.25) is 0 Å². The highest BCUT2D eigenvalue weighted by Crippen LogP contribution is 2.35. The van der Waals surface area contributed by atoms with Crippen molar-refractivity contribution in [3.8, 4) is 0 Å². The summed E-state index contributed by atoms with van der Waals surface area (Å²) in [6, 6.07) is 15.0. The van der Waals surface area contributed by atoms with Gasteiger partial charge in [-0.15, -0.1) is 23.5 Å². The van der Waals surface area contributed by atoms with Gasteiger partial charge in [-0.2, -0.15) is 0 Å². The quantitative estimate of drug-likeness (QED) is 0.656. The largest absolute Gasteiger partial charge is 0.250 e. The van der Waals surface area contributed by atoms with Gasteiger partial charge in [0.15, 0.2) is 0 Å². The molecule has 2 aromatic carbocycles. The fourth-order valence-corrected chi connectivity index (χ4v) is 3.15. The van der Waals surface area contributed by atoms with Crippen LogP contribution in [0.1, 0.15) is 11.1 Å². The molecule has 21 heavy (non-hydrogen) atoms. The van der Waals surface area contributed by atoms with Crippen LogP contribution >= 0.6 is 23.5 Å². The zero-order valence-corrected chi connectivity index (χ0v) is 13.7. The molecule has 0 aliphatic carbocycles. The summed E-state index contributed by atoms with van der Waals surface area (Å²) in [5.41, 5.74) is 0.165. The minimum atomic E-state index is -1.20. The first-order valence-electron chi connectivity index (χ1n) is 6.61. The molecule has 4 heteroatoms. The summed E-state index contributed by atoms with van der Waals surface area (Å²) in [6.45, 7) is -1.50. The highest BCUT2D eigenvalue weighted by molar-refractivity contribution is 7.98. The van der Waals surface area contributed by atoms with E-state index in [1.54, 1.807) is 23.5 Å². The molecule has 0 atom stereocenters. The van der Waals surface area contributed by atoms with Crippen molar-refractivity contribution in [1.82, 2.24) is 0 Å². The summed E-state index contributed by atoms with van der Waals surface area (Å²) < 4.78 is 27.6. The summed E-state index contributed by atoms with van der Waals surface area (Å²) in [5.74, 6) is 0. The van der Waals surface area contributed by atoms with E-state index in [0.717, 1.165) is 9.79 Å². The Morgan fingerprint density at radius 2 is 1.05 bits per heavy atom. The molecule has 0 saturated carbocycles. The molecule has 2 aromatic rings. The molecule has 0 heterocycles. The van der Waals surface area contributed by atoms with E-state index in [4.69, 9.17) is 0 Å². The summed E-state index contributed by atoms with van der Waals surface area (Å²) >= 11 is 3.23. The molecule has 0 aromatic heterocycles. The summed E-state index contributed by atoms with van der Waals surface area (Å²) in [6.07, 6.45) is 3.96. The van der Waals surface area contributed by atoms with Crippen LogP contribution in [0.4, 0.5) is 8.78 Å². The van der Waals surface area contributed by atoms with Crippen LogP contribution in [0.25, 0.3) is 0 Å². The van der Waals surface area contributed by atoms with Crippen LogP contribution in [-0.4, -0.2) is 25.9 Å². The first kappa shape index (κ1) is 16.4. The Bertz CT molecular complexity index is 511. The van der Waals surface area contributed by atoms with Crippen molar-refractivity contribution in [2.24, 2.45) is 0 Å². The van der Waals surface area contributed by atoms with E-state index in [9.17, 15) is 8.78 Å². The molecular formula is C17H18F2S2. The van der Waals surface area contributed by atoms with Crippen LogP contribution in [0.15, 0.2) is 58.3 Å². The normalized spacial score (nSPS) is 11.6. The maximum atomic E-state index is 13.8. The van der Waals surface area contributed by atoms with E-state index in [0.29, 0.717) is 11.1 Å². The number of hydrogen-bond acceptors (Lipinski definition) is 2. The first-order chi connectivity index (χ1) is 10.2. The number of benzene rings is 2. The lowest BCUT2D eigenvalue weighted by Crippen LogP contribution is -2.32. The molecule has 112 valence electrons. The fraction of sp³-hybridized carbons (Fsp3) is 0.294. The zero-order valence-electron chi connectivity index (χ0n) is 12.1. The number of alkyl halides is 2. The summed E-state index contributed by atoms with van der Waals surface area (Å²) in [7, 11) is 0. The lowest BCUT2D eigenvalue weighted by molar-refractivity contribution is 0.278. The number of thioether (sulfide) groups is 2. The van der Waals surface area contributed by atoms with Crippen LogP contribution in [0.5, 0.6) is 0 Å². The summed E-state index contributed by atoms with van der Waals surface area (Å²) in [5, 5.41) is 0. The van der Waals surface area contributed by atoms with Crippen molar-refractivity contribution < 1.29 is 8.78 Å². The van der Waals surface area contributed by atoms with Gasteiger partial charge in [0.1, 0.15) is 13.3 Å². The molecule has 0 aliphatic rings. The van der Waals surface area contributed by atoms with E-state index in [1.807, 2.05) is 61.0 Å². The Morgan fingerprint density at radius 3 is 1.29 bits per heavy atom. The average molecular weight is 324 g/mol. The Kier molecular flexibility index (Phi) is 5.71. The SMILES string of the molecule is CSc1ccc(C(CF)(CF)c2ccc(SC)cc2)cc1. The van der Waals surface area contributed by atoms with Crippen LogP contribution < -0.4 is 0 Å². The third-order valence-electron chi connectivity index (χ3n) is 3.74. The van der Waals surface area contributed by atoms with Crippen molar-refractivity contribution in [3.63, 3.8) is 0 Å². The number of hydrogen-bond donors (Lipinski definition) is 0. The van der Waals surface area contributed by atoms with Gasteiger partial charge in [0, 0.05) is 9.79 Å². The molecule has 0 unspecified atom stereocenters. The van der Waals surface area contributed by atoms with Crippen LogP contribution in [0.3, 0.4) is 0 Å². The monoisotopic (exact) mass is 324 g/mol. The molecule has 0 amide bonds. The predicted octanol–water partition coefficient (Wildman–Crippen LogP) is 5.36. The second kappa shape index (κ2) is 7.32. The molecule has 0 nitrogen and oxygen atoms in total. The topological polar surface area (TPSA) is 0 Å². The van der Waals surface area contributed by atoms with Crippen molar-refractivity contribution in [2.45, 2.75) is 15.2 Å². The Labute approximate surface area is 133 Å². The third-order valence-corrected chi connectivity index (χ3v) is 5.23. The number of halogens is 2. The van der Waals surface area contributed by atoms with Crippen molar-refractivity contribution in [3.05, 3.63) is 59.7 Å². The number of rotatable bonds is 6. The molecule has 0 saturated heterocycles. The first-order valence-corrected chi connectivity index (χ1v) is 9.06. The van der Waals surface area contributed by atoms with Crippen molar-refractivity contribution in [2.75, 3.05) is 25.9 Å². The van der Waals surface area contributed by atoms with Crippen LogP contribution in [-0.2, 0) is 5.41 Å². The van der Waals surface area contributed by atoms with Crippen molar-refractivity contribution in [1.29, 1.82) is 0 Å². The molecule has 0 fully saturated rings. The smallest absolute Gasteiger partial charge is 0.106 e. The van der Waals surface area contributed by atoms with E-state index in [2.05, 4.69) is 0 Å². The van der Waals surface area contributed by atoms with Gasteiger partial charge >= 0.3 is 0 Å². The molecule has 2 rings (SSSR count). The van der Waals surface area contributed by atoms with Crippen LogP contribution in [0, 0.1) is 0 Å². The van der Waals surface area contributed by atoms with Gasteiger partial charge in [-0.1, -0.05) is 24.3 Å². The maximum Gasteiger partial charge on any atom is 0.106 e. The van der Waals surface area contributed by atoms with Gasteiger partial charge in [-0.3, -0.25) is 0 Å². The molecular weight excluding hydrogens is 306 g/mol. The third kappa shape index (κ3) is 3.27. The second-order valence-corrected chi connectivity index (χ2v) is 6.57. The Balaban J connectivity index is 2.46. The van der Waals surface area contributed by atoms with Gasteiger partial charge in [-0.05, 0) is 47.9 Å². The van der Waals surface area contributed by atoms with Gasteiger partial charge in [0.05, 0.1) is 5.41 Å². The molecule has 0 radical (unpaired) electrons. The highest BCUT2D eigenvalue weighted by atomic mass is 32.2. The molecule has 0 aliphatic heterocycles. The summed E-state index contributed by atoms with van der Waals surface area (Å²) in [4.78, 5) is 2.17. The fourth-order valence-electron chi connectivity index (χ4n) is 2.33. The highest BCUT2D eigenvalue weighted by Gasteiger charge is 2.35. The van der Waals surface area contributed by atoms with Crippen LogP contribution in [0.2, 0.25) is 0 Å². The standard InChI is InChI=1S/C17H18F2S2/c1-20-15-7-3-13(4-8-15)17(11-18,12-19)14-5-9-16(21-2)10-6-14/h3-10H,11-12H2,1-2H3. The minimum Gasteiger partial charge on any atom is -0.250 e. The minimum absolute atomic E-state index is 0.683.